The summed E-state index contributed by atoms with van der Waals surface area (Å²) in [5.74, 6) is 5.48. The van der Waals surface area contributed by atoms with Gasteiger partial charge in [0, 0.05) is 20.3 Å². The number of methoxy groups -OCH3 is 1. The van der Waals surface area contributed by atoms with E-state index in [0.717, 1.165) is 12.8 Å². The summed E-state index contributed by atoms with van der Waals surface area (Å²) < 4.78 is 21.0. The normalized spacial score (nSPS) is 10.4. The molecule has 0 bridgehead atoms. The van der Waals surface area contributed by atoms with Crippen LogP contribution in [0.1, 0.15) is 19.8 Å². The van der Waals surface area contributed by atoms with Crippen LogP contribution in [-0.2, 0) is 9.47 Å². The quantitative estimate of drug-likeness (QED) is 0.321. The second kappa shape index (κ2) is 11.0. The van der Waals surface area contributed by atoms with E-state index in [0.29, 0.717) is 33.0 Å². The molecule has 0 unspecified atom stereocenters. The minimum absolute atomic E-state index is 0.143. The Hall–Kier alpha value is -1.71. The average Bonchev–Trinajstić information content (AvgIpc) is 2.51. The smallest absolute Gasteiger partial charge is 0.324 e. The van der Waals surface area contributed by atoms with Crippen LogP contribution in [0.3, 0.4) is 0 Å². The van der Waals surface area contributed by atoms with E-state index in [2.05, 4.69) is 20.4 Å². The molecule has 21 heavy (non-hydrogen) atoms. The topological polar surface area (TPSA) is 114 Å². The summed E-state index contributed by atoms with van der Waals surface area (Å²) in [5, 5.41) is 0. The van der Waals surface area contributed by atoms with Gasteiger partial charge in [0.05, 0.1) is 13.2 Å². The lowest BCUT2D eigenvalue weighted by Crippen LogP contribution is -2.15. The number of hydrogen-bond donors (Lipinski definition) is 2. The fourth-order valence-electron chi connectivity index (χ4n) is 1.32. The Morgan fingerprint density at radius 1 is 0.952 bits per heavy atom. The summed E-state index contributed by atoms with van der Waals surface area (Å²) >= 11 is 0. The Morgan fingerprint density at radius 3 is 2.29 bits per heavy atom. The van der Waals surface area contributed by atoms with Crippen LogP contribution in [-0.4, -0.2) is 55.1 Å². The molecule has 0 atom stereocenters. The van der Waals surface area contributed by atoms with E-state index in [1.54, 1.807) is 7.11 Å². The summed E-state index contributed by atoms with van der Waals surface area (Å²) in [4.78, 5) is 12.0. The molecule has 1 heterocycles. The molecule has 9 heteroatoms. The lowest BCUT2D eigenvalue weighted by atomic mass is 10.5. The summed E-state index contributed by atoms with van der Waals surface area (Å²) in [6.07, 6.45) is 1.70. The van der Waals surface area contributed by atoms with Crippen molar-refractivity contribution in [2.45, 2.75) is 19.8 Å². The first-order valence-electron chi connectivity index (χ1n) is 6.85. The van der Waals surface area contributed by atoms with Crippen molar-refractivity contribution in [3.05, 3.63) is 0 Å². The molecule has 1 aromatic heterocycles. The Labute approximate surface area is 124 Å². The number of hydrazine groups is 1. The van der Waals surface area contributed by atoms with Crippen LogP contribution in [0.2, 0.25) is 0 Å². The third-order valence-corrected chi connectivity index (χ3v) is 2.25. The second-order valence-corrected chi connectivity index (χ2v) is 4.02. The first-order chi connectivity index (χ1) is 10.3. The van der Waals surface area contributed by atoms with Crippen molar-refractivity contribution in [3.63, 3.8) is 0 Å². The maximum Gasteiger partial charge on any atom is 0.324 e. The summed E-state index contributed by atoms with van der Waals surface area (Å²) in [6.45, 7) is 4.56. The number of nitrogen functional groups attached to an aromatic ring is 1. The minimum Gasteiger partial charge on any atom is -0.463 e. The van der Waals surface area contributed by atoms with Gasteiger partial charge in [-0.2, -0.15) is 9.97 Å². The second-order valence-electron chi connectivity index (χ2n) is 4.02. The van der Waals surface area contributed by atoms with Gasteiger partial charge in [-0.1, -0.05) is 6.92 Å². The van der Waals surface area contributed by atoms with Crippen molar-refractivity contribution in [1.29, 1.82) is 0 Å². The fourth-order valence-corrected chi connectivity index (χ4v) is 1.32. The lowest BCUT2D eigenvalue weighted by molar-refractivity contribution is 0.0779. The van der Waals surface area contributed by atoms with Gasteiger partial charge in [-0.25, -0.2) is 5.84 Å². The lowest BCUT2D eigenvalue weighted by Gasteiger charge is -2.08. The molecule has 9 nitrogen and oxygen atoms in total. The van der Waals surface area contributed by atoms with Gasteiger partial charge in [0.25, 0.3) is 0 Å². The van der Waals surface area contributed by atoms with Crippen LogP contribution in [0.25, 0.3) is 0 Å². The largest absolute Gasteiger partial charge is 0.463 e. The van der Waals surface area contributed by atoms with Crippen molar-refractivity contribution in [1.82, 2.24) is 15.0 Å². The zero-order valence-electron chi connectivity index (χ0n) is 12.5. The van der Waals surface area contributed by atoms with Gasteiger partial charge in [-0.05, 0) is 12.8 Å². The van der Waals surface area contributed by atoms with Crippen molar-refractivity contribution in [2.75, 3.05) is 45.6 Å². The van der Waals surface area contributed by atoms with Gasteiger partial charge in [0.2, 0.25) is 5.95 Å². The van der Waals surface area contributed by atoms with Crippen LogP contribution in [0.4, 0.5) is 5.95 Å². The van der Waals surface area contributed by atoms with E-state index >= 15 is 0 Å². The van der Waals surface area contributed by atoms with E-state index in [1.165, 1.54) is 0 Å². The highest BCUT2D eigenvalue weighted by molar-refractivity contribution is 5.25. The summed E-state index contributed by atoms with van der Waals surface area (Å²) in [6, 6.07) is 0.320. The van der Waals surface area contributed by atoms with E-state index in [1.807, 2.05) is 6.92 Å². The van der Waals surface area contributed by atoms with Crippen LogP contribution in [0.5, 0.6) is 12.0 Å². The van der Waals surface area contributed by atoms with Crippen LogP contribution < -0.4 is 20.7 Å². The number of nitrogens with zero attached hydrogens (tertiary/aromatic N) is 3. The average molecular weight is 301 g/mol. The zero-order valence-corrected chi connectivity index (χ0v) is 12.5. The van der Waals surface area contributed by atoms with Gasteiger partial charge in [0.1, 0.15) is 6.61 Å². The molecule has 0 aromatic carbocycles. The highest BCUT2D eigenvalue weighted by Crippen LogP contribution is 2.12. The molecular formula is C12H23N5O4. The van der Waals surface area contributed by atoms with Gasteiger partial charge in [-0.3, -0.25) is 5.43 Å². The van der Waals surface area contributed by atoms with E-state index in [9.17, 15) is 0 Å². The highest BCUT2D eigenvalue weighted by Gasteiger charge is 2.07. The van der Waals surface area contributed by atoms with Gasteiger partial charge >= 0.3 is 12.0 Å². The van der Waals surface area contributed by atoms with Gasteiger partial charge in [0.15, 0.2) is 0 Å². The number of aromatic nitrogens is 3. The van der Waals surface area contributed by atoms with E-state index < -0.39 is 0 Å². The highest BCUT2D eigenvalue weighted by atomic mass is 16.5. The number of rotatable bonds is 12. The molecule has 0 aliphatic heterocycles. The van der Waals surface area contributed by atoms with E-state index in [-0.39, 0.29) is 18.0 Å². The molecule has 120 valence electrons. The Balaban J connectivity index is 2.35. The number of anilines is 1. The summed E-state index contributed by atoms with van der Waals surface area (Å²) in [7, 11) is 1.66. The molecule has 0 fully saturated rings. The number of nitrogens with one attached hydrogen (secondary N) is 1. The van der Waals surface area contributed by atoms with E-state index in [4.69, 9.17) is 24.8 Å². The molecule has 0 saturated carbocycles. The zero-order chi connectivity index (χ0) is 15.3. The monoisotopic (exact) mass is 301 g/mol. The van der Waals surface area contributed by atoms with Crippen molar-refractivity contribution < 1.29 is 18.9 Å². The molecule has 1 rings (SSSR count). The Morgan fingerprint density at radius 2 is 1.67 bits per heavy atom. The number of ether oxygens (including phenoxy) is 4. The van der Waals surface area contributed by atoms with Crippen LogP contribution in [0, 0.1) is 0 Å². The van der Waals surface area contributed by atoms with Crippen LogP contribution >= 0.6 is 0 Å². The van der Waals surface area contributed by atoms with Gasteiger partial charge in [-0.15, -0.1) is 4.98 Å². The van der Waals surface area contributed by atoms with Gasteiger partial charge < -0.3 is 18.9 Å². The third-order valence-electron chi connectivity index (χ3n) is 2.25. The van der Waals surface area contributed by atoms with Crippen LogP contribution in [0.15, 0.2) is 0 Å². The molecule has 0 saturated heterocycles. The standard InChI is InChI=1S/C12H23N5O4/c1-3-5-20-11-14-10(17-13)15-12(16-11)21-9-8-19-7-4-6-18-2/h3-9,13H2,1-2H3,(H,14,15,16,17). The maximum absolute atomic E-state index is 5.38. The SMILES string of the molecule is CCCOc1nc(NN)nc(OCCOCCCOC)n1. The third kappa shape index (κ3) is 7.59. The predicted octanol–water partition coefficient (Wildman–Crippen LogP) is 0.378. The molecule has 1 aromatic rings. The molecule has 0 aliphatic rings. The molecule has 0 aliphatic carbocycles. The van der Waals surface area contributed by atoms with Crippen molar-refractivity contribution in [3.8, 4) is 12.0 Å². The molecule has 0 radical (unpaired) electrons. The summed E-state index contributed by atoms with van der Waals surface area (Å²) in [5.41, 5.74) is 2.34. The molecule has 0 spiro atoms. The first-order valence-corrected chi connectivity index (χ1v) is 6.85. The number of hydrogen-bond acceptors (Lipinski definition) is 9. The fraction of sp³-hybridized carbons (Fsp3) is 0.750. The van der Waals surface area contributed by atoms with Crippen molar-refractivity contribution >= 4 is 5.95 Å². The Kier molecular flexibility index (Phi) is 9.09. The minimum atomic E-state index is 0.143. The molecule has 0 amide bonds. The number of nitrogens with two attached hydrogens (primary N) is 1. The predicted molar refractivity (Wildman–Crippen MR) is 76.2 cm³/mol. The maximum atomic E-state index is 5.38. The Bertz CT molecular complexity index is 394. The molecular weight excluding hydrogens is 278 g/mol. The van der Waals surface area contributed by atoms with Crippen molar-refractivity contribution in [2.24, 2.45) is 5.84 Å². The molecule has 3 N–H and O–H groups in total. The first kappa shape index (κ1) is 17.3.